The first-order valence-corrected chi connectivity index (χ1v) is 11.8. The Labute approximate surface area is 177 Å². The molecular formula is C21H27N5O3S. The van der Waals surface area contributed by atoms with Gasteiger partial charge in [-0.2, -0.15) is 9.40 Å². The minimum Gasteiger partial charge on any atom is -0.352 e. The summed E-state index contributed by atoms with van der Waals surface area (Å²) >= 11 is 0. The van der Waals surface area contributed by atoms with Gasteiger partial charge in [-0.25, -0.2) is 8.42 Å². The molecular weight excluding hydrogens is 402 g/mol. The Morgan fingerprint density at radius 1 is 1.03 bits per heavy atom. The summed E-state index contributed by atoms with van der Waals surface area (Å²) in [4.78, 5) is 14.1. The molecule has 2 aliphatic rings. The van der Waals surface area contributed by atoms with Gasteiger partial charge in [-0.15, -0.1) is 5.10 Å². The lowest BCUT2D eigenvalue weighted by molar-refractivity contribution is -0.118. The molecule has 30 heavy (non-hydrogen) atoms. The number of carbonyl (C=O) groups is 1. The van der Waals surface area contributed by atoms with E-state index in [0.29, 0.717) is 31.9 Å². The van der Waals surface area contributed by atoms with E-state index < -0.39 is 10.0 Å². The number of nitrogens with one attached hydrogen (secondary N) is 1. The van der Waals surface area contributed by atoms with Crippen LogP contribution in [-0.4, -0.2) is 55.0 Å². The van der Waals surface area contributed by atoms with Crippen LogP contribution >= 0.6 is 0 Å². The van der Waals surface area contributed by atoms with Crippen LogP contribution in [0.3, 0.4) is 0 Å². The molecule has 9 heteroatoms. The highest BCUT2D eigenvalue weighted by molar-refractivity contribution is 7.89. The second-order valence-corrected chi connectivity index (χ2v) is 10.0. The van der Waals surface area contributed by atoms with Gasteiger partial charge in [-0.05, 0) is 55.2 Å². The van der Waals surface area contributed by atoms with E-state index in [1.165, 1.54) is 9.87 Å². The second kappa shape index (κ2) is 8.31. The number of piperazine rings is 1. The fourth-order valence-corrected chi connectivity index (χ4v) is 5.20. The van der Waals surface area contributed by atoms with E-state index >= 15 is 0 Å². The van der Waals surface area contributed by atoms with E-state index in [-0.39, 0.29) is 16.7 Å². The maximum atomic E-state index is 13.0. The van der Waals surface area contributed by atoms with Crippen molar-refractivity contribution in [3.63, 3.8) is 0 Å². The average Bonchev–Trinajstić information content (AvgIpc) is 3.22. The zero-order valence-corrected chi connectivity index (χ0v) is 18.2. The molecule has 0 radical (unpaired) electrons. The average molecular weight is 430 g/mol. The van der Waals surface area contributed by atoms with Crippen molar-refractivity contribution in [2.24, 2.45) is 5.92 Å². The van der Waals surface area contributed by atoms with Crippen LogP contribution in [0.1, 0.15) is 31.5 Å². The predicted octanol–water partition coefficient (Wildman–Crippen LogP) is 2.07. The van der Waals surface area contributed by atoms with Crippen molar-refractivity contribution in [2.45, 2.75) is 38.0 Å². The number of hydrogen-bond acceptors (Lipinski definition) is 6. The lowest BCUT2D eigenvalue weighted by Gasteiger charge is -2.34. The number of nitrogens with zero attached hydrogens (tertiary/aromatic N) is 4. The number of aryl methyl sites for hydroxylation is 2. The highest BCUT2D eigenvalue weighted by Crippen LogP contribution is 2.25. The largest absolute Gasteiger partial charge is 0.352 e. The van der Waals surface area contributed by atoms with Crippen molar-refractivity contribution >= 4 is 27.4 Å². The smallest absolute Gasteiger partial charge is 0.243 e. The molecule has 1 fully saturated rings. The molecule has 0 atom stereocenters. The summed E-state index contributed by atoms with van der Waals surface area (Å²) in [7, 11) is -3.58. The Hall–Kier alpha value is -2.52. The standard InChI is InChI=1S/C21H27N5O3S/c1-15(2)21(27)22-17-6-8-18(9-7-17)30(28,29)26-12-10-25(11-13-26)20-14-16-4-3-5-19(16)23-24-20/h6-9,14-15H,3-5,10-13H2,1-2H3,(H,22,27). The van der Waals surface area contributed by atoms with Gasteiger partial charge in [-0.1, -0.05) is 13.8 Å². The number of hydrogen-bond donors (Lipinski definition) is 1. The predicted molar refractivity (Wildman–Crippen MR) is 115 cm³/mol. The molecule has 4 rings (SSSR count). The molecule has 1 aromatic carbocycles. The number of sulfonamides is 1. The second-order valence-electron chi connectivity index (χ2n) is 8.09. The fourth-order valence-electron chi connectivity index (χ4n) is 3.78. The molecule has 0 saturated carbocycles. The number of aromatic nitrogens is 2. The lowest BCUT2D eigenvalue weighted by Crippen LogP contribution is -2.49. The third-order valence-corrected chi connectivity index (χ3v) is 7.57. The van der Waals surface area contributed by atoms with E-state index in [1.807, 2.05) is 13.8 Å². The third kappa shape index (κ3) is 4.17. The van der Waals surface area contributed by atoms with E-state index in [4.69, 9.17) is 0 Å². The number of anilines is 2. The van der Waals surface area contributed by atoms with Crippen LogP contribution in [0.4, 0.5) is 11.5 Å². The molecule has 1 amide bonds. The zero-order chi connectivity index (χ0) is 21.3. The fraction of sp³-hybridized carbons (Fsp3) is 0.476. The molecule has 8 nitrogen and oxygen atoms in total. The summed E-state index contributed by atoms with van der Waals surface area (Å²) in [6.45, 7) is 5.56. The SMILES string of the molecule is CC(C)C(=O)Nc1ccc(S(=O)(=O)N2CCN(c3cc4c(nn3)CCC4)CC2)cc1. The molecule has 0 bridgehead atoms. The zero-order valence-electron chi connectivity index (χ0n) is 17.3. The molecule has 2 heterocycles. The van der Waals surface area contributed by atoms with Gasteiger partial charge in [0.1, 0.15) is 0 Å². The van der Waals surface area contributed by atoms with Crippen molar-refractivity contribution in [3.05, 3.63) is 41.6 Å². The highest BCUT2D eigenvalue weighted by atomic mass is 32.2. The minimum atomic E-state index is -3.58. The number of rotatable bonds is 5. The monoisotopic (exact) mass is 429 g/mol. The molecule has 0 unspecified atom stereocenters. The van der Waals surface area contributed by atoms with Gasteiger partial charge in [0.05, 0.1) is 10.6 Å². The minimum absolute atomic E-state index is 0.101. The summed E-state index contributed by atoms with van der Waals surface area (Å²) in [6.07, 6.45) is 3.16. The van der Waals surface area contributed by atoms with Crippen LogP contribution in [0, 0.1) is 5.92 Å². The normalized spacial score (nSPS) is 17.2. The first-order valence-electron chi connectivity index (χ1n) is 10.4. The Morgan fingerprint density at radius 2 is 1.73 bits per heavy atom. The molecule has 1 N–H and O–H groups in total. The van der Waals surface area contributed by atoms with Crippen LogP contribution in [0.2, 0.25) is 0 Å². The van der Waals surface area contributed by atoms with Gasteiger partial charge in [0.25, 0.3) is 0 Å². The molecule has 1 aliphatic carbocycles. The topological polar surface area (TPSA) is 95.5 Å². The van der Waals surface area contributed by atoms with E-state index in [9.17, 15) is 13.2 Å². The van der Waals surface area contributed by atoms with Gasteiger partial charge in [0.2, 0.25) is 15.9 Å². The molecule has 0 spiro atoms. The number of benzene rings is 1. The van der Waals surface area contributed by atoms with Gasteiger partial charge < -0.3 is 10.2 Å². The number of carbonyl (C=O) groups excluding carboxylic acids is 1. The Bertz CT molecular complexity index is 1030. The first-order chi connectivity index (χ1) is 14.3. The number of fused-ring (bicyclic) bond motifs is 1. The van der Waals surface area contributed by atoms with Gasteiger partial charge >= 0.3 is 0 Å². The summed E-state index contributed by atoms with van der Waals surface area (Å²) < 4.78 is 27.5. The van der Waals surface area contributed by atoms with Crippen LogP contribution in [0.5, 0.6) is 0 Å². The van der Waals surface area contributed by atoms with Crippen LogP contribution in [-0.2, 0) is 27.7 Å². The van der Waals surface area contributed by atoms with Gasteiger partial charge in [0, 0.05) is 37.8 Å². The van der Waals surface area contributed by atoms with Crippen molar-refractivity contribution < 1.29 is 13.2 Å². The van der Waals surface area contributed by atoms with Crippen LogP contribution in [0.15, 0.2) is 35.2 Å². The Morgan fingerprint density at radius 3 is 2.40 bits per heavy atom. The van der Waals surface area contributed by atoms with Crippen LogP contribution in [0.25, 0.3) is 0 Å². The molecule has 160 valence electrons. The Kier molecular flexibility index (Phi) is 5.75. The van der Waals surface area contributed by atoms with E-state index in [1.54, 1.807) is 24.3 Å². The summed E-state index contributed by atoms with van der Waals surface area (Å²) in [6, 6.07) is 8.45. The first kappa shape index (κ1) is 20.7. The van der Waals surface area contributed by atoms with E-state index in [2.05, 4.69) is 26.5 Å². The molecule has 1 saturated heterocycles. The molecule has 2 aromatic rings. The lowest BCUT2D eigenvalue weighted by atomic mass is 10.2. The van der Waals surface area contributed by atoms with Crippen molar-refractivity contribution in [3.8, 4) is 0 Å². The van der Waals surface area contributed by atoms with E-state index in [0.717, 1.165) is 30.8 Å². The van der Waals surface area contributed by atoms with Crippen molar-refractivity contribution in [2.75, 3.05) is 36.4 Å². The summed E-state index contributed by atoms with van der Waals surface area (Å²) in [5, 5.41) is 11.4. The van der Waals surface area contributed by atoms with Crippen molar-refractivity contribution in [1.82, 2.24) is 14.5 Å². The highest BCUT2D eigenvalue weighted by Gasteiger charge is 2.29. The Balaban J connectivity index is 1.40. The van der Waals surface area contributed by atoms with Crippen molar-refractivity contribution in [1.29, 1.82) is 0 Å². The van der Waals surface area contributed by atoms with Gasteiger partial charge in [0.15, 0.2) is 5.82 Å². The number of amides is 1. The summed E-state index contributed by atoms with van der Waals surface area (Å²) in [5.74, 6) is 0.592. The molecule has 1 aromatic heterocycles. The van der Waals surface area contributed by atoms with Crippen LogP contribution < -0.4 is 10.2 Å². The quantitative estimate of drug-likeness (QED) is 0.782. The maximum Gasteiger partial charge on any atom is 0.243 e. The molecule has 1 aliphatic heterocycles. The summed E-state index contributed by atoms with van der Waals surface area (Å²) in [5.41, 5.74) is 2.94. The maximum absolute atomic E-state index is 13.0. The van der Waals surface area contributed by atoms with Gasteiger partial charge in [-0.3, -0.25) is 4.79 Å². The third-order valence-electron chi connectivity index (χ3n) is 5.65.